The first-order valence-electron chi connectivity index (χ1n) is 6.03. The summed E-state index contributed by atoms with van der Waals surface area (Å²) in [6.07, 6.45) is 0. The smallest absolute Gasteiger partial charge is 0.128 e. The summed E-state index contributed by atoms with van der Waals surface area (Å²) in [5.41, 5.74) is 2.61. The Morgan fingerprint density at radius 1 is 1.41 bits per heavy atom. The highest BCUT2D eigenvalue weighted by molar-refractivity contribution is 5.85. The molecule has 0 unspecified atom stereocenters. The van der Waals surface area contributed by atoms with E-state index in [1.165, 1.54) is 11.3 Å². The van der Waals surface area contributed by atoms with Gasteiger partial charge in [0.1, 0.15) is 5.82 Å². The molecule has 1 aromatic rings. The number of pyridine rings is 1. The van der Waals surface area contributed by atoms with Gasteiger partial charge in [0.2, 0.25) is 0 Å². The second-order valence-corrected chi connectivity index (χ2v) is 4.95. The van der Waals surface area contributed by atoms with E-state index in [0.29, 0.717) is 12.0 Å². The summed E-state index contributed by atoms with van der Waals surface area (Å²) in [6.45, 7) is 8.60. The Labute approximate surface area is 110 Å². The average Bonchev–Trinajstić information content (AvgIpc) is 2.28. The van der Waals surface area contributed by atoms with Gasteiger partial charge in [-0.2, -0.15) is 0 Å². The standard InChI is InChI=1S/C13H21N3.ClH/c1-9(2)16(4)12-6-5-11-8-14-7-10(3)13(11)15-12;/h5-6,9-10,14H,7-8H2,1-4H3;1H/t10-;/m1./s1. The third-order valence-corrected chi connectivity index (χ3v) is 3.37. The summed E-state index contributed by atoms with van der Waals surface area (Å²) in [4.78, 5) is 7.02. The maximum absolute atomic E-state index is 4.80. The minimum atomic E-state index is 0. The van der Waals surface area contributed by atoms with E-state index < -0.39 is 0 Å². The lowest BCUT2D eigenvalue weighted by molar-refractivity contribution is 0.555. The number of anilines is 1. The molecule has 2 rings (SSSR count). The van der Waals surface area contributed by atoms with E-state index in [2.05, 4.69) is 50.2 Å². The van der Waals surface area contributed by atoms with Crippen LogP contribution in [0, 0.1) is 0 Å². The zero-order valence-corrected chi connectivity index (χ0v) is 11.8. The topological polar surface area (TPSA) is 28.2 Å². The largest absolute Gasteiger partial charge is 0.357 e. The molecule has 17 heavy (non-hydrogen) atoms. The number of nitrogens with one attached hydrogen (secondary N) is 1. The number of fused-ring (bicyclic) bond motifs is 1. The van der Waals surface area contributed by atoms with Crippen molar-refractivity contribution in [3.63, 3.8) is 0 Å². The molecule has 0 spiro atoms. The quantitative estimate of drug-likeness (QED) is 0.881. The Morgan fingerprint density at radius 3 is 2.76 bits per heavy atom. The fourth-order valence-corrected chi connectivity index (χ4v) is 2.05. The van der Waals surface area contributed by atoms with Crippen molar-refractivity contribution < 1.29 is 0 Å². The van der Waals surface area contributed by atoms with E-state index in [4.69, 9.17) is 4.98 Å². The van der Waals surface area contributed by atoms with Gasteiger partial charge in [0, 0.05) is 32.1 Å². The number of aromatic nitrogens is 1. The van der Waals surface area contributed by atoms with Crippen LogP contribution in [-0.4, -0.2) is 24.6 Å². The van der Waals surface area contributed by atoms with Crippen molar-refractivity contribution >= 4 is 18.2 Å². The van der Waals surface area contributed by atoms with Crippen LogP contribution < -0.4 is 10.2 Å². The van der Waals surface area contributed by atoms with Gasteiger partial charge in [0.05, 0.1) is 5.69 Å². The van der Waals surface area contributed by atoms with Crippen LogP contribution in [0.3, 0.4) is 0 Å². The number of halogens is 1. The van der Waals surface area contributed by atoms with Gasteiger partial charge in [-0.05, 0) is 25.5 Å². The summed E-state index contributed by atoms with van der Waals surface area (Å²) < 4.78 is 0. The molecular formula is C13H22ClN3. The van der Waals surface area contributed by atoms with E-state index in [1.54, 1.807) is 0 Å². The van der Waals surface area contributed by atoms with Gasteiger partial charge in [-0.15, -0.1) is 12.4 Å². The molecule has 0 saturated heterocycles. The zero-order chi connectivity index (χ0) is 11.7. The highest BCUT2D eigenvalue weighted by atomic mass is 35.5. The van der Waals surface area contributed by atoms with Crippen LogP contribution in [0.4, 0.5) is 5.82 Å². The van der Waals surface area contributed by atoms with Crippen LogP contribution in [0.2, 0.25) is 0 Å². The molecule has 0 radical (unpaired) electrons. The minimum absolute atomic E-state index is 0. The van der Waals surface area contributed by atoms with Gasteiger partial charge in [-0.25, -0.2) is 4.98 Å². The van der Waals surface area contributed by atoms with E-state index in [0.717, 1.165) is 18.9 Å². The Balaban J connectivity index is 0.00000144. The minimum Gasteiger partial charge on any atom is -0.357 e. The van der Waals surface area contributed by atoms with Crippen LogP contribution in [-0.2, 0) is 6.54 Å². The lowest BCUT2D eigenvalue weighted by Gasteiger charge is -2.27. The van der Waals surface area contributed by atoms with Crippen molar-refractivity contribution in [1.82, 2.24) is 10.3 Å². The molecule has 0 bridgehead atoms. The first kappa shape index (κ1) is 14.3. The van der Waals surface area contributed by atoms with Gasteiger partial charge in [-0.3, -0.25) is 0 Å². The van der Waals surface area contributed by atoms with Crippen molar-refractivity contribution in [2.24, 2.45) is 0 Å². The summed E-state index contributed by atoms with van der Waals surface area (Å²) in [5, 5.41) is 3.41. The Hall–Kier alpha value is -0.800. The summed E-state index contributed by atoms with van der Waals surface area (Å²) in [7, 11) is 2.10. The Bertz CT molecular complexity index is 379. The molecule has 1 aromatic heterocycles. The highest BCUT2D eigenvalue weighted by Gasteiger charge is 2.18. The van der Waals surface area contributed by atoms with E-state index >= 15 is 0 Å². The molecule has 1 aliphatic heterocycles. The molecule has 96 valence electrons. The number of rotatable bonds is 2. The van der Waals surface area contributed by atoms with Crippen molar-refractivity contribution in [3.8, 4) is 0 Å². The summed E-state index contributed by atoms with van der Waals surface area (Å²) >= 11 is 0. The predicted molar refractivity (Wildman–Crippen MR) is 75.1 cm³/mol. The molecule has 1 N–H and O–H groups in total. The zero-order valence-electron chi connectivity index (χ0n) is 11.0. The molecular weight excluding hydrogens is 234 g/mol. The fraction of sp³-hybridized carbons (Fsp3) is 0.615. The SMILES string of the molecule is CC(C)N(C)c1ccc2c(n1)[C@H](C)CNC2.Cl. The molecule has 0 saturated carbocycles. The second kappa shape index (κ2) is 5.69. The third kappa shape index (κ3) is 2.90. The van der Waals surface area contributed by atoms with E-state index in [-0.39, 0.29) is 12.4 Å². The molecule has 1 aliphatic rings. The number of hydrogen-bond donors (Lipinski definition) is 1. The summed E-state index contributed by atoms with van der Waals surface area (Å²) in [5.74, 6) is 1.60. The molecule has 0 amide bonds. The average molecular weight is 256 g/mol. The van der Waals surface area contributed by atoms with Gasteiger partial charge in [-0.1, -0.05) is 13.0 Å². The maximum atomic E-state index is 4.80. The van der Waals surface area contributed by atoms with Gasteiger partial charge in [0.15, 0.2) is 0 Å². The number of nitrogens with zero attached hydrogens (tertiary/aromatic N) is 2. The summed E-state index contributed by atoms with van der Waals surface area (Å²) in [6, 6.07) is 4.82. The van der Waals surface area contributed by atoms with Gasteiger partial charge in [0.25, 0.3) is 0 Å². The van der Waals surface area contributed by atoms with Crippen LogP contribution in [0.15, 0.2) is 12.1 Å². The molecule has 1 atom stereocenters. The van der Waals surface area contributed by atoms with Gasteiger partial charge >= 0.3 is 0 Å². The van der Waals surface area contributed by atoms with Crippen molar-refractivity contribution in [1.29, 1.82) is 0 Å². The van der Waals surface area contributed by atoms with Crippen LogP contribution in [0.1, 0.15) is 37.9 Å². The van der Waals surface area contributed by atoms with Crippen LogP contribution in [0.25, 0.3) is 0 Å². The Morgan fingerprint density at radius 2 is 2.12 bits per heavy atom. The van der Waals surface area contributed by atoms with E-state index in [1.807, 2.05) is 0 Å². The molecule has 2 heterocycles. The fourth-order valence-electron chi connectivity index (χ4n) is 2.05. The van der Waals surface area contributed by atoms with Crippen LogP contribution in [0.5, 0.6) is 0 Å². The maximum Gasteiger partial charge on any atom is 0.128 e. The molecule has 0 aromatic carbocycles. The van der Waals surface area contributed by atoms with Crippen LogP contribution >= 0.6 is 12.4 Å². The first-order chi connectivity index (χ1) is 7.59. The van der Waals surface area contributed by atoms with E-state index in [9.17, 15) is 0 Å². The molecule has 3 nitrogen and oxygen atoms in total. The predicted octanol–water partition coefficient (Wildman–Crippen LogP) is 2.55. The normalized spacial score (nSPS) is 18.5. The van der Waals surface area contributed by atoms with Crippen molar-refractivity contribution in [2.75, 3.05) is 18.5 Å². The van der Waals surface area contributed by atoms with Crippen molar-refractivity contribution in [3.05, 3.63) is 23.4 Å². The molecule has 0 aliphatic carbocycles. The Kier molecular flexibility index (Phi) is 4.78. The first-order valence-corrected chi connectivity index (χ1v) is 6.03. The lowest BCUT2D eigenvalue weighted by atomic mass is 9.98. The van der Waals surface area contributed by atoms with Crippen molar-refractivity contribution in [2.45, 2.75) is 39.3 Å². The lowest BCUT2D eigenvalue weighted by Crippen LogP contribution is -2.30. The van der Waals surface area contributed by atoms with Gasteiger partial charge < -0.3 is 10.2 Å². The number of hydrogen-bond acceptors (Lipinski definition) is 3. The monoisotopic (exact) mass is 255 g/mol. The third-order valence-electron chi connectivity index (χ3n) is 3.37. The second-order valence-electron chi connectivity index (χ2n) is 4.95. The highest BCUT2D eigenvalue weighted by Crippen LogP contribution is 2.24. The molecule has 0 fully saturated rings. The molecule has 4 heteroatoms.